The van der Waals surface area contributed by atoms with Crippen molar-refractivity contribution in [3.8, 4) is 17.1 Å². The smallest absolute Gasteiger partial charge is 0.433 e. The summed E-state index contributed by atoms with van der Waals surface area (Å²) in [7, 11) is 0. The van der Waals surface area contributed by atoms with Crippen LogP contribution in [0.5, 0.6) is 5.88 Å². The van der Waals surface area contributed by atoms with Gasteiger partial charge in [0.25, 0.3) is 0 Å². The minimum absolute atomic E-state index is 0.134. The molecule has 3 rings (SSSR count). The first-order valence-corrected chi connectivity index (χ1v) is 9.21. The third kappa shape index (κ3) is 4.94. The summed E-state index contributed by atoms with van der Waals surface area (Å²) in [4.78, 5) is 26.1. The van der Waals surface area contributed by atoms with Gasteiger partial charge >= 0.3 is 6.18 Å². The number of aromatic amines is 1. The summed E-state index contributed by atoms with van der Waals surface area (Å²) in [5.41, 5.74) is 5.73. The number of nitrogens with two attached hydrogens (primary N) is 1. The molecule has 0 aromatic carbocycles. The number of rotatable bonds is 7. The Morgan fingerprint density at radius 2 is 2.10 bits per heavy atom. The van der Waals surface area contributed by atoms with Gasteiger partial charge in [0.15, 0.2) is 5.65 Å². The minimum Gasteiger partial charge on any atom is -0.477 e. The molecule has 0 aliphatic carbocycles. The number of alkyl halides is 3. The number of pyridine rings is 1. The van der Waals surface area contributed by atoms with Crippen molar-refractivity contribution in [2.75, 3.05) is 6.61 Å². The van der Waals surface area contributed by atoms with E-state index in [-0.39, 0.29) is 29.7 Å². The van der Waals surface area contributed by atoms with E-state index in [2.05, 4.69) is 19.9 Å². The molecule has 0 radical (unpaired) electrons. The van der Waals surface area contributed by atoms with E-state index in [9.17, 15) is 18.0 Å². The van der Waals surface area contributed by atoms with E-state index in [1.54, 1.807) is 6.20 Å². The molecule has 0 bridgehead atoms. The van der Waals surface area contributed by atoms with Gasteiger partial charge in [-0.3, -0.25) is 4.79 Å². The molecule has 3 N–H and O–H groups in total. The van der Waals surface area contributed by atoms with Gasteiger partial charge in [0.05, 0.1) is 18.5 Å². The lowest BCUT2D eigenvalue weighted by Crippen LogP contribution is -2.12. The number of primary amides is 1. The third-order valence-corrected chi connectivity index (χ3v) is 4.44. The lowest BCUT2D eigenvalue weighted by molar-refractivity contribution is -0.141. The van der Waals surface area contributed by atoms with Crippen LogP contribution >= 0.6 is 0 Å². The fourth-order valence-corrected chi connectivity index (χ4v) is 2.57. The van der Waals surface area contributed by atoms with Crippen molar-refractivity contribution in [3.63, 3.8) is 0 Å². The van der Waals surface area contributed by atoms with Crippen LogP contribution in [0.15, 0.2) is 30.6 Å². The number of hydrogen-bond acceptors (Lipinski definition) is 5. The van der Waals surface area contributed by atoms with Crippen LogP contribution in [-0.4, -0.2) is 32.4 Å². The molecule has 0 saturated heterocycles. The molecule has 0 fully saturated rings. The van der Waals surface area contributed by atoms with Gasteiger partial charge in [-0.1, -0.05) is 20.3 Å². The number of aromatic nitrogens is 4. The van der Waals surface area contributed by atoms with Crippen molar-refractivity contribution in [2.24, 2.45) is 11.7 Å². The fourth-order valence-electron chi connectivity index (χ4n) is 2.57. The third-order valence-electron chi connectivity index (χ3n) is 4.44. The Bertz CT molecular complexity index is 1090. The first-order chi connectivity index (χ1) is 14.2. The number of halogens is 3. The molecule has 0 aliphatic heterocycles. The van der Waals surface area contributed by atoms with Crippen LogP contribution in [-0.2, 0) is 11.0 Å². The summed E-state index contributed by atoms with van der Waals surface area (Å²) in [6, 6.07) is 2.30. The summed E-state index contributed by atoms with van der Waals surface area (Å²) in [5.74, 6) is -0.606. The molecule has 158 valence electrons. The molecule has 0 unspecified atom stereocenters. The van der Waals surface area contributed by atoms with E-state index in [1.165, 1.54) is 18.3 Å². The van der Waals surface area contributed by atoms with Gasteiger partial charge in [-0.2, -0.15) is 13.2 Å². The van der Waals surface area contributed by atoms with E-state index >= 15 is 0 Å². The van der Waals surface area contributed by atoms with E-state index in [4.69, 9.17) is 10.5 Å². The molecule has 3 aromatic heterocycles. The molecule has 30 heavy (non-hydrogen) atoms. The quantitative estimate of drug-likeness (QED) is 0.564. The molecule has 1 atom stereocenters. The van der Waals surface area contributed by atoms with Crippen LogP contribution in [0.25, 0.3) is 28.5 Å². The Morgan fingerprint density at radius 3 is 2.77 bits per heavy atom. The summed E-state index contributed by atoms with van der Waals surface area (Å²) in [6.45, 7) is 4.14. The number of nitrogens with one attached hydrogen (secondary N) is 1. The molecular weight excluding hydrogens is 399 g/mol. The Kier molecular flexibility index (Phi) is 6.04. The van der Waals surface area contributed by atoms with Crippen molar-refractivity contribution in [2.45, 2.75) is 26.4 Å². The second kappa shape index (κ2) is 8.52. The van der Waals surface area contributed by atoms with Crippen LogP contribution in [0.2, 0.25) is 0 Å². The molecule has 7 nitrogen and oxygen atoms in total. The lowest BCUT2D eigenvalue weighted by atomic mass is 10.1. The minimum atomic E-state index is -4.65. The van der Waals surface area contributed by atoms with Crippen molar-refractivity contribution in [3.05, 3.63) is 41.9 Å². The summed E-state index contributed by atoms with van der Waals surface area (Å²) in [6.07, 6.45) is 1.71. The van der Waals surface area contributed by atoms with Gasteiger partial charge in [-0.05, 0) is 18.1 Å². The zero-order valence-corrected chi connectivity index (χ0v) is 16.3. The van der Waals surface area contributed by atoms with Crippen LogP contribution in [0.1, 0.15) is 31.5 Å². The van der Waals surface area contributed by atoms with Gasteiger partial charge in [0.1, 0.15) is 11.2 Å². The molecule has 3 heterocycles. The largest absolute Gasteiger partial charge is 0.477 e. The predicted octanol–water partition coefficient (Wildman–Crippen LogP) is 3.96. The van der Waals surface area contributed by atoms with Crippen LogP contribution in [0.4, 0.5) is 13.2 Å². The van der Waals surface area contributed by atoms with Gasteiger partial charge in [0.2, 0.25) is 11.8 Å². The van der Waals surface area contributed by atoms with Gasteiger partial charge in [-0.15, -0.1) is 0 Å². The number of amides is 1. The molecule has 1 amide bonds. The highest BCUT2D eigenvalue weighted by Crippen LogP contribution is 2.33. The van der Waals surface area contributed by atoms with Crippen LogP contribution in [0.3, 0.4) is 0 Å². The Hall–Kier alpha value is -3.43. The van der Waals surface area contributed by atoms with Gasteiger partial charge in [-0.25, -0.2) is 15.0 Å². The van der Waals surface area contributed by atoms with Gasteiger partial charge < -0.3 is 15.5 Å². The predicted molar refractivity (Wildman–Crippen MR) is 105 cm³/mol. The highest BCUT2D eigenvalue weighted by molar-refractivity contribution is 5.93. The second-order valence-electron chi connectivity index (χ2n) is 6.83. The summed E-state index contributed by atoms with van der Waals surface area (Å²) in [5, 5.41) is 0. The number of H-pyrrole nitrogens is 1. The molecule has 10 heteroatoms. The number of ether oxygens (including phenoxy) is 1. The maximum absolute atomic E-state index is 13.4. The summed E-state index contributed by atoms with van der Waals surface area (Å²) >= 11 is 0. The maximum atomic E-state index is 13.4. The Labute approximate surface area is 170 Å². The topological polar surface area (TPSA) is 107 Å². The highest BCUT2D eigenvalue weighted by atomic mass is 19.4. The molecule has 0 saturated carbocycles. The van der Waals surface area contributed by atoms with E-state index in [1.807, 2.05) is 13.8 Å². The zero-order valence-electron chi connectivity index (χ0n) is 16.3. The SMILES string of the molecule is CC[C@@H](C)COc1cc(-c2cnc3[nH]cc(/C=C/C(N)=O)c3n2)cc(C(F)(F)F)n1. The molecule has 3 aromatic rings. The standard InChI is InChI=1S/C20H20F3N5O2/c1-3-11(2)10-30-17-7-13(6-15(28-17)20(21,22)23)14-9-26-19-18(27-14)12(8-25-19)4-5-16(24)29/h4-9,11H,3,10H2,1-2H3,(H2,24,29)(H,25,26)/b5-4+/t11-/m1/s1. The Balaban J connectivity index is 2.05. The molecule has 0 spiro atoms. The Morgan fingerprint density at radius 1 is 1.33 bits per heavy atom. The number of nitrogens with zero attached hydrogens (tertiary/aromatic N) is 3. The number of carbonyl (C=O) groups is 1. The average molecular weight is 419 g/mol. The monoisotopic (exact) mass is 419 g/mol. The first kappa shape index (κ1) is 21.3. The first-order valence-electron chi connectivity index (χ1n) is 9.21. The van der Waals surface area contributed by atoms with Crippen molar-refractivity contribution in [1.82, 2.24) is 19.9 Å². The maximum Gasteiger partial charge on any atom is 0.433 e. The highest BCUT2D eigenvalue weighted by Gasteiger charge is 2.34. The van der Waals surface area contributed by atoms with E-state index in [0.29, 0.717) is 16.7 Å². The molecular formula is C20H20F3N5O2. The van der Waals surface area contributed by atoms with Crippen molar-refractivity contribution in [1.29, 1.82) is 0 Å². The van der Waals surface area contributed by atoms with E-state index in [0.717, 1.165) is 18.6 Å². The second-order valence-corrected chi connectivity index (χ2v) is 6.83. The number of carbonyl (C=O) groups excluding carboxylic acids is 1. The van der Waals surface area contributed by atoms with E-state index < -0.39 is 17.8 Å². The van der Waals surface area contributed by atoms with Crippen molar-refractivity contribution >= 4 is 23.1 Å². The zero-order chi connectivity index (χ0) is 21.9. The number of fused-ring (bicyclic) bond motifs is 1. The van der Waals surface area contributed by atoms with Crippen molar-refractivity contribution < 1.29 is 22.7 Å². The fraction of sp³-hybridized carbons (Fsp3) is 0.300. The normalized spacial score (nSPS) is 13.1. The van der Waals surface area contributed by atoms with Gasteiger partial charge in [0, 0.05) is 29.5 Å². The molecule has 0 aliphatic rings. The number of hydrogen-bond donors (Lipinski definition) is 2. The average Bonchev–Trinajstić information content (AvgIpc) is 3.11. The lowest BCUT2D eigenvalue weighted by Gasteiger charge is -2.14. The van der Waals surface area contributed by atoms with Crippen LogP contribution < -0.4 is 10.5 Å². The summed E-state index contributed by atoms with van der Waals surface area (Å²) < 4.78 is 45.6. The van der Waals surface area contributed by atoms with Crippen LogP contribution in [0, 0.1) is 5.92 Å².